The molecule has 10 heavy (non-hydrogen) atoms. The Morgan fingerprint density at radius 3 is 2.80 bits per heavy atom. The van der Waals surface area contributed by atoms with Gasteiger partial charge in [0, 0.05) is 4.47 Å². The maximum Gasteiger partial charge on any atom is 0.136 e. The van der Waals surface area contributed by atoms with Crippen LogP contribution >= 0.6 is 15.9 Å². The second-order valence-electron chi connectivity index (χ2n) is 2.12. The Morgan fingerprint density at radius 1 is 1.10 bits per heavy atom. The SMILES string of the molecule is Brc1ccc2c(c1)N[CH]N2. The molecule has 1 heterocycles. The highest BCUT2D eigenvalue weighted by Gasteiger charge is 2.07. The number of nitrogens with one attached hydrogen (secondary N) is 2. The van der Waals surface area contributed by atoms with E-state index >= 15 is 0 Å². The van der Waals surface area contributed by atoms with Gasteiger partial charge in [0.15, 0.2) is 0 Å². The summed E-state index contributed by atoms with van der Waals surface area (Å²) in [6.45, 7) is 1.82. The molecule has 1 aromatic carbocycles. The first kappa shape index (κ1) is 6.04. The molecule has 0 spiro atoms. The fraction of sp³-hybridized carbons (Fsp3) is 0. The first-order chi connectivity index (χ1) is 4.86. The Hall–Kier alpha value is -0.700. The highest BCUT2D eigenvalue weighted by atomic mass is 79.9. The molecule has 0 atom stereocenters. The van der Waals surface area contributed by atoms with Gasteiger partial charge in [0.25, 0.3) is 0 Å². The van der Waals surface area contributed by atoms with Crippen LogP contribution in [0, 0.1) is 6.67 Å². The first-order valence-electron chi connectivity index (χ1n) is 3.00. The molecule has 0 aromatic heterocycles. The average molecular weight is 198 g/mol. The van der Waals surface area contributed by atoms with E-state index in [1.165, 1.54) is 0 Å². The van der Waals surface area contributed by atoms with Gasteiger partial charge in [0.1, 0.15) is 6.67 Å². The van der Waals surface area contributed by atoms with Crippen LogP contribution < -0.4 is 10.6 Å². The molecule has 51 valence electrons. The monoisotopic (exact) mass is 197 g/mol. The highest BCUT2D eigenvalue weighted by molar-refractivity contribution is 9.10. The summed E-state index contributed by atoms with van der Waals surface area (Å²) in [5, 5.41) is 6.15. The van der Waals surface area contributed by atoms with Gasteiger partial charge in [-0.15, -0.1) is 0 Å². The number of halogens is 1. The fourth-order valence-corrected chi connectivity index (χ4v) is 1.31. The second kappa shape index (κ2) is 2.16. The lowest BCUT2D eigenvalue weighted by Gasteiger charge is -1.96. The quantitative estimate of drug-likeness (QED) is 0.668. The summed E-state index contributed by atoms with van der Waals surface area (Å²) in [6, 6.07) is 6.06. The summed E-state index contributed by atoms with van der Waals surface area (Å²) in [7, 11) is 0. The topological polar surface area (TPSA) is 24.1 Å². The van der Waals surface area contributed by atoms with Crippen LogP contribution in [0.5, 0.6) is 0 Å². The van der Waals surface area contributed by atoms with E-state index < -0.39 is 0 Å². The van der Waals surface area contributed by atoms with E-state index in [0.717, 1.165) is 15.8 Å². The zero-order chi connectivity index (χ0) is 6.97. The number of benzene rings is 1. The van der Waals surface area contributed by atoms with Crippen LogP contribution in [0.3, 0.4) is 0 Å². The molecule has 0 fully saturated rings. The van der Waals surface area contributed by atoms with Crippen molar-refractivity contribution in [1.29, 1.82) is 0 Å². The lowest BCUT2D eigenvalue weighted by Crippen LogP contribution is -1.89. The normalized spacial score (nSPS) is 13.7. The molecule has 0 saturated carbocycles. The molecule has 2 N–H and O–H groups in total. The lowest BCUT2D eigenvalue weighted by molar-refractivity contribution is 1.51. The zero-order valence-electron chi connectivity index (χ0n) is 5.19. The number of hydrogen-bond donors (Lipinski definition) is 2. The van der Waals surface area contributed by atoms with Crippen molar-refractivity contribution in [2.24, 2.45) is 0 Å². The van der Waals surface area contributed by atoms with Crippen molar-refractivity contribution in [1.82, 2.24) is 0 Å². The molecule has 1 aliphatic heterocycles. The summed E-state index contributed by atoms with van der Waals surface area (Å²) in [5.41, 5.74) is 2.25. The van der Waals surface area contributed by atoms with Crippen molar-refractivity contribution in [2.75, 3.05) is 10.6 Å². The minimum atomic E-state index is 1.09. The third-order valence-corrected chi connectivity index (χ3v) is 1.93. The second-order valence-corrected chi connectivity index (χ2v) is 3.04. The molecule has 3 heteroatoms. The minimum Gasteiger partial charge on any atom is -0.360 e. The van der Waals surface area contributed by atoms with Crippen molar-refractivity contribution in [2.45, 2.75) is 0 Å². The predicted molar refractivity (Wildman–Crippen MR) is 45.7 cm³/mol. The molecule has 0 bridgehead atoms. The number of hydrogen-bond acceptors (Lipinski definition) is 2. The van der Waals surface area contributed by atoms with Gasteiger partial charge in [0.2, 0.25) is 0 Å². The van der Waals surface area contributed by atoms with Crippen LogP contribution in [0.4, 0.5) is 11.4 Å². The van der Waals surface area contributed by atoms with Crippen molar-refractivity contribution >= 4 is 27.3 Å². The van der Waals surface area contributed by atoms with Crippen LogP contribution in [0.1, 0.15) is 0 Å². The maximum atomic E-state index is 3.38. The molecule has 0 unspecified atom stereocenters. The van der Waals surface area contributed by atoms with Crippen LogP contribution in [0.25, 0.3) is 0 Å². The Morgan fingerprint density at radius 2 is 1.90 bits per heavy atom. The molecule has 1 aliphatic rings. The standard InChI is InChI=1S/C7H6BrN2/c8-5-1-2-6-7(3-5)10-4-9-6/h1-4,9-10H. The molecule has 0 aliphatic carbocycles. The minimum absolute atomic E-state index is 1.09. The third-order valence-electron chi connectivity index (χ3n) is 1.44. The molecule has 1 radical (unpaired) electrons. The van der Waals surface area contributed by atoms with Crippen molar-refractivity contribution in [3.05, 3.63) is 29.3 Å². The smallest absolute Gasteiger partial charge is 0.136 e. The van der Waals surface area contributed by atoms with E-state index in [1.807, 2.05) is 24.9 Å². The van der Waals surface area contributed by atoms with Crippen molar-refractivity contribution in [3.63, 3.8) is 0 Å². The Bertz CT molecular complexity index is 260. The summed E-state index contributed by atoms with van der Waals surface area (Å²) in [5.74, 6) is 0. The van der Waals surface area contributed by atoms with Gasteiger partial charge in [-0.3, -0.25) is 0 Å². The molecule has 2 nitrogen and oxygen atoms in total. The van der Waals surface area contributed by atoms with E-state index in [9.17, 15) is 0 Å². The van der Waals surface area contributed by atoms with Crippen LogP contribution in [0.2, 0.25) is 0 Å². The molecular weight excluding hydrogens is 192 g/mol. The van der Waals surface area contributed by atoms with Gasteiger partial charge >= 0.3 is 0 Å². The molecule has 0 amide bonds. The van der Waals surface area contributed by atoms with Gasteiger partial charge in [-0.2, -0.15) is 0 Å². The third kappa shape index (κ3) is 0.865. The summed E-state index contributed by atoms with van der Waals surface area (Å²) >= 11 is 3.38. The van der Waals surface area contributed by atoms with Gasteiger partial charge in [-0.25, -0.2) is 0 Å². The Balaban J connectivity index is 2.52. The van der Waals surface area contributed by atoms with E-state index in [4.69, 9.17) is 0 Å². The lowest BCUT2D eigenvalue weighted by atomic mass is 10.3. The zero-order valence-corrected chi connectivity index (χ0v) is 6.77. The summed E-state index contributed by atoms with van der Waals surface area (Å²) < 4.78 is 1.09. The summed E-state index contributed by atoms with van der Waals surface area (Å²) in [4.78, 5) is 0. The largest absolute Gasteiger partial charge is 0.360 e. The van der Waals surface area contributed by atoms with Crippen molar-refractivity contribution < 1.29 is 0 Å². The number of rotatable bonds is 0. The first-order valence-corrected chi connectivity index (χ1v) is 3.80. The Kier molecular flexibility index (Phi) is 1.31. The molecule has 2 rings (SSSR count). The van der Waals surface area contributed by atoms with Crippen LogP contribution in [-0.2, 0) is 0 Å². The van der Waals surface area contributed by atoms with E-state index in [-0.39, 0.29) is 0 Å². The molecule has 0 saturated heterocycles. The number of fused-ring (bicyclic) bond motifs is 1. The van der Waals surface area contributed by atoms with Gasteiger partial charge in [-0.05, 0) is 18.2 Å². The number of anilines is 2. The van der Waals surface area contributed by atoms with Gasteiger partial charge in [0.05, 0.1) is 11.4 Å². The van der Waals surface area contributed by atoms with E-state index in [0.29, 0.717) is 0 Å². The molecule has 1 aromatic rings. The predicted octanol–water partition coefficient (Wildman–Crippen LogP) is 2.41. The summed E-state index contributed by atoms with van der Waals surface area (Å²) in [6.07, 6.45) is 0. The van der Waals surface area contributed by atoms with E-state index in [1.54, 1.807) is 0 Å². The maximum absolute atomic E-state index is 3.38. The van der Waals surface area contributed by atoms with Crippen LogP contribution in [-0.4, -0.2) is 0 Å². The van der Waals surface area contributed by atoms with Crippen LogP contribution in [0.15, 0.2) is 22.7 Å². The fourth-order valence-electron chi connectivity index (χ4n) is 0.953. The van der Waals surface area contributed by atoms with Gasteiger partial charge in [-0.1, -0.05) is 15.9 Å². The van der Waals surface area contributed by atoms with E-state index in [2.05, 4.69) is 26.6 Å². The highest BCUT2D eigenvalue weighted by Crippen LogP contribution is 2.29. The molecular formula is C7H6BrN2. The van der Waals surface area contributed by atoms with Gasteiger partial charge < -0.3 is 10.6 Å². The Labute approximate surface area is 67.8 Å². The average Bonchev–Trinajstić information content (AvgIpc) is 2.33. The van der Waals surface area contributed by atoms with Crippen molar-refractivity contribution in [3.8, 4) is 0 Å².